The molecule has 0 spiro atoms. The lowest BCUT2D eigenvalue weighted by Crippen LogP contribution is -2.54. The first-order valence-electron chi connectivity index (χ1n) is 10.1. The number of carbonyl (C=O) groups is 3. The van der Waals surface area contributed by atoms with Gasteiger partial charge in [-0.2, -0.15) is 0 Å². The molecule has 7 nitrogen and oxygen atoms in total. The third-order valence-electron chi connectivity index (χ3n) is 5.03. The van der Waals surface area contributed by atoms with Crippen LogP contribution in [0.3, 0.4) is 0 Å². The number of benzene rings is 3. The third kappa shape index (κ3) is 4.77. The number of nitrogens with one attached hydrogen (secondary N) is 1. The van der Waals surface area contributed by atoms with Crippen LogP contribution < -0.4 is 19.7 Å². The largest absolute Gasteiger partial charge is 0.493 e. The standard InChI is InChI=1S/C25H18ClFN2O5/c1-33-22-13-15(6-11-21(22)34-14-16-4-2-3-5-20(16)27)12-19-23(30)28-25(32)29(24(19)31)18-9-7-17(26)8-10-18/h2-13H,14H2,1H3,(H,28,30,32)/b19-12-. The first-order valence-corrected chi connectivity index (χ1v) is 10.5. The summed E-state index contributed by atoms with van der Waals surface area (Å²) in [6, 6.07) is 16.2. The van der Waals surface area contributed by atoms with Gasteiger partial charge in [0.25, 0.3) is 11.8 Å². The van der Waals surface area contributed by atoms with E-state index < -0.39 is 17.8 Å². The predicted molar refractivity (Wildman–Crippen MR) is 124 cm³/mol. The number of amides is 4. The van der Waals surface area contributed by atoms with Crippen LogP contribution in [0.25, 0.3) is 6.08 Å². The van der Waals surface area contributed by atoms with Crippen molar-refractivity contribution >= 4 is 41.2 Å². The molecule has 0 aromatic heterocycles. The lowest BCUT2D eigenvalue weighted by atomic mass is 10.1. The average Bonchev–Trinajstić information content (AvgIpc) is 2.82. The highest BCUT2D eigenvalue weighted by Gasteiger charge is 2.36. The van der Waals surface area contributed by atoms with E-state index in [1.54, 1.807) is 36.4 Å². The Morgan fingerprint density at radius 2 is 1.74 bits per heavy atom. The molecule has 0 aliphatic carbocycles. The summed E-state index contributed by atoms with van der Waals surface area (Å²) in [5.74, 6) is -1.32. The Labute approximate surface area is 199 Å². The fourth-order valence-corrected chi connectivity index (χ4v) is 3.44. The number of hydrogen-bond donors (Lipinski definition) is 1. The molecule has 0 bridgehead atoms. The Bertz CT molecular complexity index is 1310. The lowest BCUT2D eigenvalue weighted by molar-refractivity contribution is -0.122. The molecular formula is C25H18ClFN2O5. The van der Waals surface area contributed by atoms with Gasteiger partial charge in [0.1, 0.15) is 18.0 Å². The molecule has 0 radical (unpaired) electrons. The van der Waals surface area contributed by atoms with Crippen molar-refractivity contribution in [1.82, 2.24) is 5.32 Å². The lowest BCUT2D eigenvalue weighted by Gasteiger charge is -2.26. The third-order valence-corrected chi connectivity index (χ3v) is 5.28. The molecule has 172 valence electrons. The highest BCUT2D eigenvalue weighted by Crippen LogP contribution is 2.31. The average molecular weight is 481 g/mol. The van der Waals surface area contributed by atoms with Crippen molar-refractivity contribution in [2.24, 2.45) is 0 Å². The minimum Gasteiger partial charge on any atom is -0.493 e. The van der Waals surface area contributed by atoms with Gasteiger partial charge in [0.2, 0.25) is 0 Å². The number of nitrogens with zero attached hydrogens (tertiary/aromatic N) is 1. The van der Waals surface area contributed by atoms with E-state index in [-0.39, 0.29) is 23.7 Å². The topological polar surface area (TPSA) is 84.9 Å². The summed E-state index contributed by atoms with van der Waals surface area (Å²) in [5, 5.41) is 2.60. The zero-order valence-corrected chi connectivity index (χ0v) is 18.6. The molecule has 3 aromatic rings. The summed E-state index contributed by atoms with van der Waals surface area (Å²) in [6.07, 6.45) is 1.34. The molecule has 0 unspecified atom stereocenters. The first-order chi connectivity index (χ1) is 16.4. The van der Waals surface area contributed by atoms with Crippen LogP contribution in [-0.2, 0) is 16.2 Å². The Balaban J connectivity index is 1.60. The number of rotatable bonds is 6. The summed E-state index contributed by atoms with van der Waals surface area (Å²) in [5.41, 5.74) is 0.863. The van der Waals surface area contributed by atoms with E-state index in [1.807, 2.05) is 0 Å². The van der Waals surface area contributed by atoms with Crippen LogP contribution in [0, 0.1) is 5.82 Å². The molecule has 1 aliphatic rings. The zero-order chi connectivity index (χ0) is 24.2. The number of imide groups is 2. The Hall–Kier alpha value is -4.17. The summed E-state index contributed by atoms with van der Waals surface area (Å²) < 4.78 is 24.9. The highest BCUT2D eigenvalue weighted by molar-refractivity contribution is 6.39. The van der Waals surface area contributed by atoms with Gasteiger partial charge in [-0.3, -0.25) is 14.9 Å². The molecule has 1 heterocycles. The molecule has 1 aliphatic heterocycles. The van der Waals surface area contributed by atoms with E-state index in [2.05, 4.69) is 5.32 Å². The molecule has 3 aromatic carbocycles. The molecule has 4 amide bonds. The number of anilines is 1. The van der Waals surface area contributed by atoms with Crippen molar-refractivity contribution in [3.63, 3.8) is 0 Å². The number of methoxy groups -OCH3 is 1. The minimum atomic E-state index is -0.857. The Morgan fingerprint density at radius 3 is 2.44 bits per heavy atom. The van der Waals surface area contributed by atoms with Gasteiger partial charge >= 0.3 is 6.03 Å². The second kappa shape index (κ2) is 9.76. The number of halogens is 2. The monoisotopic (exact) mass is 480 g/mol. The van der Waals surface area contributed by atoms with Crippen molar-refractivity contribution in [2.45, 2.75) is 6.61 Å². The van der Waals surface area contributed by atoms with E-state index in [0.717, 1.165) is 4.90 Å². The Morgan fingerprint density at radius 1 is 1.00 bits per heavy atom. The van der Waals surface area contributed by atoms with Gasteiger partial charge in [0.15, 0.2) is 11.5 Å². The number of hydrogen-bond acceptors (Lipinski definition) is 5. The highest BCUT2D eigenvalue weighted by atomic mass is 35.5. The second-order valence-corrected chi connectivity index (χ2v) is 7.66. The minimum absolute atomic E-state index is 0.0114. The van der Waals surface area contributed by atoms with Crippen molar-refractivity contribution < 1.29 is 28.2 Å². The molecule has 4 rings (SSSR count). The van der Waals surface area contributed by atoms with E-state index >= 15 is 0 Å². The van der Waals surface area contributed by atoms with Crippen LogP contribution in [-0.4, -0.2) is 25.0 Å². The van der Waals surface area contributed by atoms with Gasteiger partial charge < -0.3 is 9.47 Å². The fraction of sp³-hybridized carbons (Fsp3) is 0.0800. The van der Waals surface area contributed by atoms with Crippen molar-refractivity contribution in [3.8, 4) is 11.5 Å². The number of urea groups is 1. The van der Waals surface area contributed by atoms with E-state index in [1.165, 1.54) is 43.5 Å². The normalized spacial score (nSPS) is 14.9. The van der Waals surface area contributed by atoms with Gasteiger partial charge in [-0.05, 0) is 54.1 Å². The maximum Gasteiger partial charge on any atom is 0.335 e. The summed E-state index contributed by atoms with van der Waals surface area (Å²) in [7, 11) is 1.43. The maximum atomic E-state index is 13.9. The van der Waals surface area contributed by atoms with Crippen LogP contribution >= 0.6 is 11.6 Å². The van der Waals surface area contributed by atoms with Gasteiger partial charge in [-0.15, -0.1) is 0 Å². The smallest absolute Gasteiger partial charge is 0.335 e. The molecule has 34 heavy (non-hydrogen) atoms. The SMILES string of the molecule is COc1cc(/C=C2/C(=O)NC(=O)N(c3ccc(Cl)cc3)C2=O)ccc1OCc1ccccc1F. The molecule has 1 fully saturated rings. The number of ether oxygens (including phenoxy) is 2. The zero-order valence-electron chi connectivity index (χ0n) is 17.9. The van der Waals surface area contributed by atoms with Crippen LogP contribution in [0.1, 0.15) is 11.1 Å². The maximum absolute atomic E-state index is 13.9. The number of carbonyl (C=O) groups excluding carboxylic acids is 3. The van der Waals surface area contributed by atoms with E-state index in [0.29, 0.717) is 27.6 Å². The molecule has 9 heteroatoms. The molecular weight excluding hydrogens is 463 g/mol. The van der Waals surface area contributed by atoms with Crippen LogP contribution in [0.4, 0.5) is 14.9 Å². The van der Waals surface area contributed by atoms with Crippen LogP contribution in [0.15, 0.2) is 72.3 Å². The quantitative estimate of drug-likeness (QED) is 0.407. The van der Waals surface area contributed by atoms with Crippen molar-refractivity contribution in [2.75, 3.05) is 12.0 Å². The Kier molecular flexibility index (Phi) is 6.60. The van der Waals surface area contributed by atoms with Crippen LogP contribution in [0.5, 0.6) is 11.5 Å². The van der Waals surface area contributed by atoms with Gasteiger partial charge in [0.05, 0.1) is 12.8 Å². The molecule has 1 saturated heterocycles. The van der Waals surface area contributed by atoms with Crippen LogP contribution in [0.2, 0.25) is 5.02 Å². The number of barbiturate groups is 1. The van der Waals surface area contributed by atoms with E-state index in [4.69, 9.17) is 21.1 Å². The molecule has 1 N–H and O–H groups in total. The van der Waals surface area contributed by atoms with Crippen molar-refractivity contribution in [1.29, 1.82) is 0 Å². The summed E-state index contributed by atoms with van der Waals surface area (Å²) >= 11 is 5.88. The predicted octanol–water partition coefficient (Wildman–Crippen LogP) is 4.73. The van der Waals surface area contributed by atoms with Gasteiger partial charge in [-0.25, -0.2) is 14.1 Å². The molecule has 0 saturated carbocycles. The first kappa shape index (κ1) is 23.0. The van der Waals surface area contributed by atoms with Gasteiger partial charge in [-0.1, -0.05) is 35.9 Å². The van der Waals surface area contributed by atoms with Gasteiger partial charge in [0, 0.05) is 10.6 Å². The second-order valence-electron chi connectivity index (χ2n) is 7.22. The van der Waals surface area contributed by atoms with E-state index in [9.17, 15) is 18.8 Å². The van der Waals surface area contributed by atoms with Crippen molar-refractivity contribution in [3.05, 3.63) is 94.3 Å². The molecule has 0 atom stereocenters. The fourth-order valence-electron chi connectivity index (χ4n) is 3.31. The summed E-state index contributed by atoms with van der Waals surface area (Å²) in [4.78, 5) is 38.6. The summed E-state index contributed by atoms with van der Waals surface area (Å²) in [6.45, 7) is -0.0114.